The number of nitrogens with zero attached hydrogens (tertiary/aromatic N) is 1. The van der Waals surface area contributed by atoms with E-state index in [1.807, 2.05) is 0 Å². The molecule has 0 saturated heterocycles. The maximum atomic E-state index is 12.7. The van der Waals surface area contributed by atoms with Crippen LogP contribution < -0.4 is 5.73 Å². The monoisotopic (exact) mass is 355 g/mol. The Balaban J connectivity index is 2.15. The topological polar surface area (TPSA) is 54.7 Å². The number of fused-ring (bicyclic) bond motifs is 1. The first-order valence-electron chi connectivity index (χ1n) is 5.97. The van der Waals surface area contributed by atoms with Gasteiger partial charge in [0, 0.05) is 10.0 Å². The summed E-state index contributed by atoms with van der Waals surface area (Å²) in [7, 11) is 0. The SMILES string of the molecule is Nc1c(Br)cccc1-c1nc2ccc(C(F)(F)F)cc2[nH]1. The number of imidazole rings is 1. The fourth-order valence-corrected chi connectivity index (χ4v) is 2.42. The summed E-state index contributed by atoms with van der Waals surface area (Å²) in [6.45, 7) is 0. The first-order valence-corrected chi connectivity index (χ1v) is 6.77. The number of halogens is 4. The maximum absolute atomic E-state index is 12.7. The number of hydrogen-bond acceptors (Lipinski definition) is 2. The van der Waals surface area contributed by atoms with Crippen LogP contribution in [0.2, 0.25) is 0 Å². The van der Waals surface area contributed by atoms with Crippen molar-refractivity contribution in [3.63, 3.8) is 0 Å². The van der Waals surface area contributed by atoms with E-state index in [9.17, 15) is 13.2 Å². The molecule has 0 bridgehead atoms. The lowest BCUT2D eigenvalue weighted by atomic mass is 10.2. The summed E-state index contributed by atoms with van der Waals surface area (Å²) in [6.07, 6.45) is -4.38. The minimum absolute atomic E-state index is 0.319. The highest BCUT2D eigenvalue weighted by Gasteiger charge is 2.30. The molecule has 0 fully saturated rings. The largest absolute Gasteiger partial charge is 0.416 e. The third-order valence-electron chi connectivity index (χ3n) is 3.12. The second kappa shape index (κ2) is 4.77. The van der Waals surface area contributed by atoms with E-state index < -0.39 is 11.7 Å². The van der Waals surface area contributed by atoms with Crippen molar-refractivity contribution < 1.29 is 13.2 Å². The van der Waals surface area contributed by atoms with Gasteiger partial charge >= 0.3 is 6.18 Å². The molecular formula is C14H9BrF3N3. The van der Waals surface area contributed by atoms with Gasteiger partial charge in [-0.1, -0.05) is 6.07 Å². The summed E-state index contributed by atoms with van der Waals surface area (Å²) in [4.78, 5) is 7.16. The fourth-order valence-electron chi connectivity index (χ4n) is 2.06. The molecular weight excluding hydrogens is 347 g/mol. The van der Waals surface area contributed by atoms with E-state index in [2.05, 4.69) is 25.9 Å². The molecule has 0 radical (unpaired) electrons. The molecule has 3 rings (SSSR count). The first kappa shape index (κ1) is 13.9. The summed E-state index contributed by atoms with van der Waals surface area (Å²) in [5.41, 5.74) is 7.12. The number of nitrogens with one attached hydrogen (secondary N) is 1. The summed E-state index contributed by atoms with van der Waals surface area (Å²) in [6, 6.07) is 8.71. The molecule has 3 N–H and O–H groups in total. The lowest BCUT2D eigenvalue weighted by Crippen LogP contribution is -2.04. The zero-order valence-electron chi connectivity index (χ0n) is 10.5. The zero-order chi connectivity index (χ0) is 15.2. The standard InChI is InChI=1S/C14H9BrF3N3/c15-9-3-1-2-8(12(9)19)13-20-10-5-4-7(14(16,17)18)6-11(10)21-13/h1-6H,19H2,(H,20,21). The summed E-state index contributed by atoms with van der Waals surface area (Å²) in [5.74, 6) is 0.433. The molecule has 0 aliphatic heterocycles. The molecule has 0 aliphatic carbocycles. The summed E-state index contributed by atoms with van der Waals surface area (Å²) >= 11 is 3.31. The van der Waals surface area contributed by atoms with Gasteiger partial charge in [-0.05, 0) is 46.3 Å². The van der Waals surface area contributed by atoms with E-state index in [1.54, 1.807) is 18.2 Å². The van der Waals surface area contributed by atoms with Gasteiger partial charge in [-0.15, -0.1) is 0 Å². The third kappa shape index (κ3) is 2.49. The normalized spacial score (nSPS) is 12.0. The van der Waals surface area contributed by atoms with Crippen LogP contribution in [0.1, 0.15) is 5.56 Å². The molecule has 0 amide bonds. The molecule has 1 heterocycles. The van der Waals surface area contributed by atoms with Crippen molar-refractivity contribution in [2.24, 2.45) is 0 Å². The fraction of sp³-hybridized carbons (Fsp3) is 0.0714. The molecule has 0 atom stereocenters. The summed E-state index contributed by atoms with van der Waals surface area (Å²) in [5, 5.41) is 0. The van der Waals surface area contributed by atoms with Crippen molar-refractivity contribution in [2.75, 3.05) is 5.73 Å². The average molecular weight is 356 g/mol. The number of alkyl halides is 3. The van der Waals surface area contributed by atoms with E-state index in [4.69, 9.17) is 5.73 Å². The second-order valence-electron chi connectivity index (χ2n) is 4.52. The number of aromatic amines is 1. The van der Waals surface area contributed by atoms with Crippen molar-refractivity contribution in [3.05, 3.63) is 46.4 Å². The Bertz CT molecular complexity index is 824. The van der Waals surface area contributed by atoms with E-state index in [-0.39, 0.29) is 0 Å². The Morgan fingerprint density at radius 2 is 1.90 bits per heavy atom. The minimum atomic E-state index is -4.38. The number of hydrogen-bond donors (Lipinski definition) is 2. The van der Waals surface area contributed by atoms with E-state index in [0.717, 1.165) is 12.1 Å². The maximum Gasteiger partial charge on any atom is 0.416 e. The second-order valence-corrected chi connectivity index (χ2v) is 5.37. The number of aromatic nitrogens is 2. The first-order chi connectivity index (χ1) is 9.86. The predicted octanol–water partition coefficient (Wildman–Crippen LogP) is 4.59. The Morgan fingerprint density at radius 3 is 2.62 bits per heavy atom. The van der Waals surface area contributed by atoms with Crippen LogP contribution in [0.15, 0.2) is 40.9 Å². The average Bonchev–Trinajstić information content (AvgIpc) is 2.83. The molecule has 3 aromatic rings. The van der Waals surface area contributed by atoms with Crippen molar-refractivity contribution in [2.45, 2.75) is 6.18 Å². The lowest BCUT2D eigenvalue weighted by molar-refractivity contribution is -0.137. The van der Waals surface area contributed by atoms with Crippen molar-refractivity contribution in [1.29, 1.82) is 0 Å². The molecule has 1 aromatic heterocycles. The van der Waals surface area contributed by atoms with Gasteiger partial charge in [-0.25, -0.2) is 4.98 Å². The van der Waals surface area contributed by atoms with Gasteiger partial charge < -0.3 is 10.7 Å². The lowest BCUT2D eigenvalue weighted by Gasteiger charge is -2.05. The molecule has 0 saturated carbocycles. The van der Waals surface area contributed by atoms with Crippen molar-refractivity contribution >= 4 is 32.7 Å². The van der Waals surface area contributed by atoms with Crippen LogP contribution in [-0.4, -0.2) is 9.97 Å². The van der Waals surface area contributed by atoms with Crippen LogP contribution in [0.5, 0.6) is 0 Å². The molecule has 7 heteroatoms. The Morgan fingerprint density at radius 1 is 1.14 bits per heavy atom. The molecule has 0 aliphatic rings. The number of nitrogens with two attached hydrogens (primary N) is 1. The van der Waals surface area contributed by atoms with Gasteiger partial charge in [-0.3, -0.25) is 0 Å². The van der Waals surface area contributed by atoms with Gasteiger partial charge in [0.2, 0.25) is 0 Å². The van der Waals surface area contributed by atoms with Crippen LogP contribution in [0.25, 0.3) is 22.4 Å². The highest BCUT2D eigenvalue weighted by molar-refractivity contribution is 9.10. The number of para-hydroxylation sites is 1. The highest BCUT2D eigenvalue weighted by Crippen LogP contribution is 2.34. The Hall–Kier alpha value is -2.02. The number of H-pyrrole nitrogens is 1. The number of rotatable bonds is 1. The van der Waals surface area contributed by atoms with Crippen LogP contribution in [0, 0.1) is 0 Å². The molecule has 0 unspecified atom stereocenters. The van der Waals surface area contributed by atoms with Crippen LogP contribution >= 0.6 is 15.9 Å². The minimum Gasteiger partial charge on any atom is -0.397 e. The van der Waals surface area contributed by atoms with Crippen molar-refractivity contribution in [3.8, 4) is 11.4 Å². The Kier molecular flexibility index (Phi) is 3.16. The van der Waals surface area contributed by atoms with Gasteiger partial charge in [0.15, 0.2) is 0 Å². The van der Waals surface area contributed by atoms with Crippen LogP contribution in [0.4, 0.5) is 18.9 Å². The number of anilines is 1. The molecule has 21 heavy (non-hydrogen) atoms. The molecule has 2 aromatic carbocycles. The zero-order valence-corrected chi connectivity index (χ0v) is 12.1. The van der Waals surface area contributed by atoms with E-state index in [1.165, 1.54) is 6.07 Å². The van der Waals surface area contributed by atoms with Crippen LogP contribution in [0.3, 0.4) is 0 Å². The smallest absolute Gasteiger partial charge is 0.397 e. The molecule has 108 valence electrons. The highest BCUT2D eigenvalue weighted by atomic mass is 79.9. The molecule has 0 spiro atoms. The number of benzene rings is 2. The van der Waals surface area contributed by atoms with Gasteiger partial charge in [0.05, 0.1) is 22.3 Å². The summed E-state index contributed by atoms with van der Waals surface area (Å²) < 4.78 is 38.8. The number of nitrogen functional groups attached to an aromatic ring is 1. The van der Waals surface area contributed by atoms with Gasteiger partial charge in [-0.2, -0.15) is 13.2 Å². The van der Waals surface area contributed by atoms with Gasteiger partial charge in [0.25, 0.3) is 0 Å². The van der Waals surface area contributed by atoms with E-state index >= 15 is 0 Å². The van der Waals surface area contributed by atoms with E-state index in [0.29, 0.717) is 32.6 Å². The van der Waals surface area contributed by atoms with Crippen LogP contribution in [-0.2, 0) is 6.18 Å². The van der Waals surface area contributed by atoms with Gasteiger partial charge in [0.1, 0.15) is 5.82 Å². The molecule has 3 nitrogen and oxygen atoms in total. The Labute approximate surface area is 126 Å². The third-order valence-corrected chi connectivity index (χ3v) is 3.81. The van der Waals surface area contributed by atoms with Crippen molar-refractivity contribution in [1.82, 2.24) is 9.97 Å². The predicted molar refractivity (Wildman–Crippen MR) is 78.6 cm³/mol. The quantitative estimate of drug-likeness (QED) is 0.627.